The number of hydrogen-bond acceptors (Lipinski definition) is 4. The van der Waals surface area contributed by atoms with E-state index in [4.69, 9.17) is 0 Å². The van der Waals surface area contributed by atoms with E-state index in [1.54, 1.807) is 0 Å². The Morgan fingerprint density at radius 1 is 0.839 bits per heavy atom. The van der Waals surface area contributed by atoms with Crippen LogP contribution in [0.2, 0.25) is 0 Å². The first-order chi connectivity index (χ1) is 14.8. The number of Topliss-reactive ketones (excluding diaryl/α,β-unsaturated/α-hetero) is 1. The van der Waals surface area contributed by atoms with Crippen molar-refractivity contribution in [3.8, 4) is 5.75 Å². The predicted octanol–water partition coefficient (Wildman–Crippen LogP) is 4.44. The van der Waals surface area contributed by atoms with E-state index in [1.807, 2.05) is 0 Å². The summed E-state index contributed by atoms with van der Waals surface area (Å²) < 4.78 is 40.6. The number of aliphatic hydroxyl groups excluding tert-OH is 1. The summed E-state index contributed by atoms with van der Waals surface area (Å²) in [5, 5.41) is 20.4. The van der Waals surface area contributed by atoms with Crippen molar-refractivity contribution in [3.63, 3.8) is 0 Å². The Morgan fingerprint density at radius 3 is 2.10 bits per heavy atom. The molecular weight excluding hydrogens is 411 g/mol. The molecule has 1 saturated heterocycles. The molecule has 1 aliphatic rings. The van der Waals surface area contributed by atoms with Crippen LogP contribution >= 0.6 is 0 Å². The lowest BCUT2D eigenvalue weighted by Gasteiger charge is -2.25. The predicted molar refractivity (Wildman–Crippen MR) is 106 cm³/mol. The number of carbonyl (C=O) groups is 2. The largest absolute Gasteiger partial charge is 0.508 e. The molecule has 2 N–H and O–H groups in total. The molecule has 1 heterocycles. The summed E-state index contributed by atoms with van der Waals surface area (Å²) in [5.74, 6) is -5.66. The molecule has 3 aromatic carbocycles. The number of carbonyl (C=O) groups excluding carboxylic acids is 2. The number of phenols is 1. The normalized spacial score (nSPS) is 17.9. The quantitative estimate of drug-likeness (QED) is 0.370. The zero-order valence-electron chi connectivity index (χ0n) is 15.7. The van der Waals surface area contributed by atoms with Gasteiger partial charge in [0.05, 0.1) is 11.6 Å². The number of amides is 1. The summed E-state index contributed by atoms with van der Waals surface area (Å²) in [6, 6.07) is 11.7. The van der Waals surface area contributed by atoms with Crippen LogP contribution in [0.5, 0.6) is 5.75 Å². The van der Waals surface area contributed by atoms with Gasteiger partial charge in [-0.1, -0.05) is 12.1 Å². The van der Waals surface area contributed by atoms with Crippen LogP contribution in [0.1, 0.15) is 17.2 Å². The van der Waals surface area contributed by atoms with Gasteiger partial charge >= 0.3 is 0 Å². The highest BCUT2D eigenvalue weighted by molar-refractivity contribution is 6.51. The van der Waals surface area contributed by atoms with Gasteiger partial charge in [-0.15, -0.1) is 0 Å². The van der Waals surface area contributed by atoms with Crippen molar-refractivity contribution in [1.29, 1.82) is 0 Å². The minimum atomic E-state index is -1.22. The topological polar surface area (TPSA) is 77.8 Å². The van der Waals surface area contributed by atoms with Crippen molar-refractivity contribution in [2.24, 2.45) is 0 Å². The number of benzene rings is 3. The molecule has 156 valence electrons. The number of hydrogen-bond donors (Lipinski definition) is 2. The van der Waals surface area contributed by atoms with Crippen LogP contribution in [-0.2, 0) is 9.59 Å². The van der Waals surface area contributed by atoms with E-state index in [0.29, 0.717) is 5.56 Å². The first-order valence-corrected chi connectivity index (χ1v) is 9.09. The van der Waals surface area contributed by atoms with Gasteiger partial charge in [0.25, 0.3) is 11.7 Å². The summed E-state index contributed by atoms with van der Waals surface area (Å²) >= 11 is 0. The minimum absolute atomic E-state index is 0.0768. The smallest absolute Gasteiger partial charge is 0.300 e. The molecule has 3 aromatic rings. The molecule has 8 heteroatoms. The standard InChI is InChI=1S/C23H14F3NO4/c24-14-5-1-13(2-6-14)21(29)19-20(12-3-8-16(28)9-4-12)27(23(31)22(19)30)15-7-10-17(25)18(26)11-15/h1-11,20,28-29H/b21-19+. The van der Waals surface area contributed by atoms with Crippen LogP contribution in [0, 0.1) is 17.5 Å². The van der Waals surface area contributed by atoms with Crippen LogP contribution in [-0.4, -0.2) is 21.9 Å². The number of ketones is 1. The molecule has 0 spiro atoms. The maximum atomic E-state index is 13.9. The van der Waals surface area contributed by atoms with E-state index in [1.165, 1.54) is 36.4 Å². The second kappa shape index (κ2) is 7.64. The van der Waals surface area contributed by atoms with Gasteiger partial charge in [-0.25, -0.2) is 13.2 Å². The van der Waals surface area contributed by atoms with Crippen molar-refractivity contribution >= 4 is 23.1 Å². The van der Waals surface area contributed by atoms with Gasteiger partial charge in [0.15, 0.2) is 11.6 Å². The molecule has 1 amide bonds. The summed E-state index contributed by atoms with van der Waals surface area (Å²) in [7, 11) is 0. The molecule has 1 fully saturated rings. The Morgan fingerprint density at radius 2 is 1.48 bits per heavy atom. The van der Waals surface area contributed by atoms with E-state index in [0.717, 1.165) is 35.2 Å². The summed E-state index contributed by atoms with van der Waals surface area (Å²) in [6.45, 7) is 0. The summed E-state index contributed by atoms with van der Waals surface area (Å²) in [4.78, 5) is 26.7. The maximum Gasteiger partial charge on any atom is 0.300 e. The number of phenolic OH excluding ortho intramolecular Hbond substituents is 1. The average molecular weight is 425 g/mol. The molecule has 31 heavy (non-hydrogen) atoms. The molecule has 0 radical (unpaired) electrons. The molecular formula is C23H14F3NO4. The van der Waals surface area contributed by atoms with Gasteiger partial charge in [0.2, 0.25) is 0 Å². The van der Waals surface area contributed by atoms with E-state index >= 15 is 0 Å². The highest BCUT2D eigenvalue weighted by Gasteiger charge is 2.47. The van der Waals surface area contributed by atoms with E-state index < -0.39 is 40.9 Å². The third-order valence-corrected chi connectivity index (χ3v) is 4.95. The fraction of sp³-hybridized carbons (Fsp3) is 0.0435. The van der Waals surface area contributed by atoms with Crippen LogP contribution in [0.4, 0.5) is 18.9 Å². The highest BCUT2D eigenvalue weighted by Crippen LogP contribution is 2.42. The number of anilines is 1. The van der Waals surface area contributed by atoms with Crippen molar-refractivity contribution in [2.75, 3.05) is 4.90 Å². The average Bonchev–Trinajstić information content (AvgIpc) is 3.01. The second-order valence-corrected chi connectivity index (χ2v) is 6.87. The van der Waals surface area contributed by atoms with E-state index in [-0.39, 0.29) is 22.6 Å². The Balaban J connectivity index is 1.95. The number of halogens is 3. The molecule has 0 bridgehead atoms. The van der Waals surface area contributed by atoms with Gasteiger partial charge in [-0.3, -0.25) is 14.5 Å². The monoisotopic (exact) mass is 425 g/mol. The third-order valence-electron chi connectivity index (χ3n) is 4.95. The van der Waals surface area contributed by atoms with E-state index in [9.17, 15) is 33.0 Å². The molecule has 1 aliphatic heterocycles. The van der Waals surface area contributed by atoms with Gasteiger partial charge in [0, 0.05) is 17.3 Å². The molecule has 5 nitrogen and oxygen atoms in total. The van der Waals surface area contributed by atoms with Crippen molar-refractivity contribution < 1.29 is 33.0 Å². The Kier molecular flexibility index (Phi) is 4.98. The van der Waals surface area contributed by atoms with Crippen molar-refractivity contribution in [1.82, 2.24) is 0 Å². The molecule has 1 atom stereocenters. The second-order valence-electron chi connectivity index (χ2n) is 6.87. The number of nitrogens with zero attached hydrogens (tertiary/aromatic N) is 1. The lowest BCUT2D eigenvalue weighted by molar-refractivity contribution is -0.132. The highest BCUT2D eigenvalue weighted by atomic mass is 19.2. The Hall–Kier alpha value is -4.07. The van der Waals surface area contributed by atoms with Crippen LogP contribution in [0.3, 0.4) is 0 Å². The fourth-order valence-electron chi connectivity index (χ4n) is 3.47. The van der Waals surface area contributed by atoms with Crippen molar-refractivity contribution in [2.45, 2.75) is 6.04 Å². The first kappa shape index (κ1) is 20.2. The summed E-state index contributed by atoms with van der Waals surface area (Å²) in [6.07, 6.45) is 0. The lowest BCUT2D eigenvalue weighted by atomic mass is 9.95. The molecule has 4 rings (SSSR count). The summed E-state index contributed by atoms with van der Waals surface area (Å²) in [5.41, 5.74) is 0.00289. The maximum absolute atomic E-state index is 13.9. The van der Waals surface area contributed by atoms with Gasteiger partial charge in [0.1, 0.15) is 17.3 Å². The van der Waals surface area contributed by atoms with Crippen LogP contribution in [0.25, 0.3) is 5.76 Å². The van der Waals surface area contributed by atoms with Crippen molar-refractivity contribution in [3.05, 3.63) is 101 Å². The van der Waals surface area contributed by atoms with Gasteiger partial charge < -0.3 is 10.2 Å². The first-order valence-electron chi connectivity index (χ1n) is 9.09. The van der Waals surface area contributed by atoms with Crippen LogP contribution < -0.4 is 4.90 Å². The van der Waals surface area contributed by atoms with Gasteiger partial charge in [-0.2, -0.15) is 0 Å². The van der Waals surface area contributed by atoms with Crippen LogP contribution in [0.15, 0.2) is 72.3 Å². The lowest BCUT2D eigenvalue weighted by Crippen LogP contribution is -2.29. The Bertz CT molecular complexity index is 1220. The zero-order chi connectivity index (χ0) is 22.3. The number of aromatic hydroxyl groups is 1. The van der Waals surface area contributed by atoms with E-state index in [2.05, 4.69) is 0 Å². The number of rotatable bonds is 3. The minimum Gasteiger partial charge on any atom is -0.508 e. The molecule has 0 saturated carbocycles. The molecule has 1 unspecified atom stereocenters. The Labute approximate surface area is 174 Å². The molecule has 0 aromatic heterocycles. The number of aliphatic hydroxyl groups is 1. The molecule has 0 aliphatic carbocycles. The third kappa shape index (κ3) is 3.52. The SMILES string of the molecule is O=C1C(=O)N(c2ccc(F)c(F)c2)C(c2ccc(O)cc2)/C1=C(\O)c1ccc(F)cc1. The fourth-order valence-corrected chi connectivity index (χ4v) is 3.47. The zero-order valence-corrected chi connectivity index (χ0v) is 15.7. The van der Waals surface area contributed by atoms with Gasteiger partial charge in [-0.05, 0) is 54.1 Å².